The number of aliphatic hydroxyl groups is 1. The Bertz CT molecular complexity index is 324. The van der Waals surface area contributed by atoms with E-state index >= 15 is 0 Å². The molecule has 1 unspecified atom stereocenters. The molecule has 2 nitrogen and oxygen atoms in total. The number of hydrogen-bond acceptors (Lipinski definition) is 2. The summed E-state index contributed by atoms with van der Waals surface area (Å²) in [6.07, 6.45) is 8.46. The van der Waals surface area contributed by atoms with Gasteiger partial charge in [0.05, 0.1) is 6.26 Å². The summed E-state index contributed by atoms with van der Waals surface area (Å²) >= 11 is 0. The highest BCUT2D eigenvalue weighted by molar-refractivity contribution is 5.20. The highest BCUT2D eigenvalue weighted by atomic mass is 16.4. The third kappa shape index (κ3) is 0.850. The minimum absolute atomic E-state index is 0.158. The molecule has 1 aromatic rings. The van der Waals surface area contributed by atoms with Crippen LogP contribution in [0.25, 0.3) is 0 Å². The molecule has 2 aliphatic carbocycles. The predicted octanol–water partition coefficient (Wildman–Crippen LogP) is 2.82. The van der Waals surface area contributed by atoms with E-state index in [1.165, 1.54) is 25.7 Å². The molecule has 14 heavy (non-hydrogen) atoms. The Balaban J connectivity index is 2.02. The van der Waals surface area contributed by atoms with Crippen molar-refractivity contribution in [3.8, 4) is 0 Å². The average Bonchev–Trinajstić information content (AvgIpc) is 2.67. The standard InChI is InChI=1S/C12H16O2/c13-12(10-4-1-9-14-10)8-3-7-11(12)5-2-6-11/h1,4,9,13H,2-3,5-8H2. The van der Waals surface area contributed by atoms with Crippen LogP contribution in [0.15, 0.2) is 22.8 Å². The van der Waals surface area contributed by atoms with Gasteiger partial charge in [0.1, 0.15) is 11.4 Å². The van der Waals surface area contributed by atoms with Crippen LogP contribution < -0.4 is 0 Å². The maximum Gasteiger partial charge on any atom is 0.135 e. The molecule has 1 N–H and O–H groups in total. The van der Waals surface area contributed by atoms with E-state index in [4.69, 9.17) is 4.42 Å². The van der Waals surface area contributed by atoms with Crippen LogP contribution in [-0.4, -0.2) is 5.11 Å². The SMILES string of the molecule is OC1(c2ccco2)CCCC12CCC2. The van der Waals surface area contributed by atoms with Gasteiger partial charge in [-0.05, 0) is 44.2 Å². The van der Waals surface area contributed by atoms with E-state index in [1.807, 2.05) is 12.1 Å². The summed E-state index contributed by atoms with van der Waals surface area (Å²) in [5.41, 5.74) is -0.500. The van der Waals surface area contributed by atoms with Gasteiger partial charge in [-0.3, -0.25) is 0 Å². The lowest BCUT2D eigenvalue weighted by molar-refractivity contribution is -0.123. The van der Waals surface area contributed by atoms with Crippen LogP contribution in [0.5, 0.6) is 0 Å². The molecule has 1 aromatic heterocycles. The van der Waals surface area contributed by atoms with Crippen molar-refractivity contribution < 1.29 is 9.52 Å². The quantitative estimate of drug-likeness (QED) is 0.742. The van der Waals surface area contributed by atoms with E-state index in [9.17, 15) is 5.11 Å². The van der Waals surface area contributed by atoms with E-state index in [1.54, 1.807) is 6.26 Å². The molecular formula is C12H16O2. The summed E-state index contributed by atoms with van der Waals surface area (Å²) in [4.78, 5) is 0. The summed E-state index contributed by atoms with van der Waals surface area (Å²) in [5, 5.41) is 10.7. The van der Waals surface area contributed by atoms with Crippen LogP contribution in [0.2, 0.25) is 0 Å². The molecule has 2 saturated carbocycles. The van der Waals surface area contributed by atoms with Crippen molar-refractivity contribution in [2.24, 2.45) is 5.41 Å². The van der Waals surface area contributed by atoms with Gasteiger partial charge in [0.2, 0.25) is 0 Å². The topological polar surface area (TPSA) is 33.4 Å². The Morgan fingerprint density at radius 1 is 1.14 bits per heavy atom. The van der Waals surface area contributed by atoms with E-state index in [-0.39, 0.29) is 5.41 Å². The molecule has 2 aliphatic rings. The summed E-state index contributed by atoms with van der Waals surface area (Å²) in [7, 11) is 0. The monoisotopic (exact) mass is 192 g/mol. The second kappa shape index (κ2) is 2.63. The second-order valence-electron chi connectivity index (χ2n) is 4.83. The van der Waals surface area contributed by atoms with Crippen molar-refractivity contribution in [3.05, 3.63) is 24.2 Å². The van der Waals surface area contributed by atoms with Crippen molar-refractivity contribution in [2.45, 2.75) is 44.1 Å². The van der Waals surface area contributed by atoms with Crippen molar-refractivity contribution in [3.63, 3.8) is 0 Å². The molecule has 0 aromatic carbocycles. The number of rotatable bonds is 1. The van der Waals surface area contributed by atoms with Gasteiger partial charge in [0.25, 0.3) is 0 Å². The van der Waals surface area contributed by atoms with Gasteiger partial charge in [0.15, 0.2) is 0 Å². The lowest BCUT2D eigenvalue weighted by atomic mass is 9.59. The minimum Gasteiger partial charge on any atom is -0.466 e. The summed E-state index contributed by atoms with van der Waals surface area (Å²) in [6.45, 7) is 0. The van der Waals surface area contributed by atoms with Crippen LogP contribution >= 0.6 is 0 Å². The zero-order chi connectivity index (χ0) is 9.65. The van der Waals surface area contributed by atoms with E-state index < -0.39 is 5.60 Å². The van der Waals surface area contributed by atoms with Gasteiger partial charge < -0.3 is 9.52 Å². The summed E-state index contributed by atoms with van der Waals surface area (Å²) in [5.74, 6) is 0.787. The Morgan fingerprint density at radius 3 is 2.43 bits per heavy atom. The first-order chi connectivity index (χ1) is 6.77. The predicted molar refractivity (Wildman–Crippen MR) is 52.7 cm³/mol. The maximum atomic E-state index is 10.7. The zero-order valence-corrected chi connectivity index (χ0v) is 8.33. The minimum atomic E-state index is -0.658. The first-order valence-corrected chi connectivity index (χ1v) is 5.53. The largest absolute Gasteiger partial charge is 0.466 e. The maximum absolute atomic E-state index is 10.7. The molecular weight excluding hydrogens is 176 g/mol. The van der Waals surface area contributed by atoms with Gasteiger partial charge >= 0.3 is 0 Å². The van der Waals surface area contributed by atoms with E-state index in [0.29, 0.717) is 0 Å². The summed E-state index contributed by atoms with van der Waals surface area (Å²) in [6, 6.07) is 3.80. The first-order valence-electron chi connectivity index (χ1n) is 5.53. The fourth-order valence-electron chi connectivity index (χ4n) is 3.32. The van der Waals surface area contributed by atoms with Crippen LogP contribution in [0.3, 0.4) is 0 Å². The average molecular weight is 192 g/mol. The van der Waals surface area contributed by atoms with Crippen molar-refractivity contribution in [1.82, 2.24) is 0 Å². The van der Waals surface area contributed by atoms with Gasteiger partial charge in [-0.1, -0.05) is 6.42 Å². The molecule has 2 heteroatoms. The van der Waals surface area contributed by atoms with E-state index in [0.717, 1.165) is 18.6 Å². The van der Waals surface area contributed by atoms with Crippen LogP contribution in [0.4, 0.5) is 0 Å². The normalized spacial score (nSPS) is 34.6. The molecule has 76 valence electrons. The van der Waals surface area contributed by atoms with Crippen LogP contribution in [0, 0.1) is 5.41 Å². The fourth-order valence-corrected chi connectivity index (χ4v) is 3.32. The molecule has 2 fully saturated rings. The van der Waals surface area contributed by atoms with Crippen LogP contribution in [0.1, 0.15) is 44.3 Å². The fraction of sp³-hybridized carbons (Fsp3) is 0.667. The molecule has 1 spiro atoms. The molecule has 0 radical (unpaired) electrons. The van der Waals surface area contributed by atoms with Crippen molar-refractivity contribution in [1.29, 1.82) is 0 Å². The molecule has 1 heterocycles. The van der Waals surface area contributed by atoms with Gasteiger partial charge in [-0.15, -0.1) is 0 Å². The highest BCUT2D eigenvalue weighted by Crippen LogP contribution is 2.62. The summed E-state index contributed by atoms with van der Waals surface area (Å²) < 4.78 is 5.40. The van der Waals surface area contributed by atoms with Gasteiger partial charge in [0, 0.05) is 5.41 Å². The van der Waals surface area contributed by atoms with Gasteiger partial charge in [-0.2, -0.15) is 0 Å². The van der Waals surface area contributed by atoms with Crippen molar-refractivity contribution in [2.75, 3.05) is 0 Å². The third-order valence-electron chi connectivity index (χ3n) is 4.31. The Hall–Kier alpha value is -0.760. The molecule has 1 atom stereocenters. The highest BCUT2D eigenvalue weighted by Gasteiger charge is 2.59. The van der Waals surface area contributed by atoms with E-state index in [2.05, 4.69) is 0 Å². The van der Waals surface area contributed by atoms with Gasteiger partial charge in [-0.25, -0.2) is 0 Å². The third-order valence-corrected chi connectivity index (χ3v) is 4.31. The Kier molecular flexibility index (Phi) is 1.61. The lowest BCUT2D eigenvalue weighted by Crippen LogP contribution is -2.45. The lowest BCUT2D eigenvalue weighted by Gasteiger charge is -2.48. The molecule has 0 aliphatic heterocycles. The Morgan fingerprint density at radius 2 is 1.86 bits per heavy atom. The Labute approximate surface area is 83.9 Å². The number of hydrogen-bond donors (Lipinski definition) is 1. The second-order valence-corrected chi connectivity index (χ2v) is 4.83. The molecule has 0 saturated heterocycles. The molecule has 3 rings (SSSR count). The molecule has 0 bridgehead atoms. The zero-order valence-electron chi connectivity index (χ0n) is 8.33. The van der Waals surface area contributed by atoms with Crippen LogP contribution in [-0.2, 0) is 5.60 Å². The molecule has 0 amide bonds. The number of furan rings is 1. The first kappa shape index (κ1) is 8.54. The smallest absolute Gasteiger partial charge is 0.135 e. The van der Waals surface area contributed by atoms with Crippen molar-refractivity contribution >= 4 is 0 Å².